The highest BCUT2D eigenvalue weighted by Crippen LogP contribution is 2.20. The number of anilines is 2. The van der Waals surface area contributed by atoms with E-state index < -0.39 is 5.97 Å². The average Bonchev–Trinajstić information content (AvgIpc) is 2.73. The number of carbonyl (C=O) groups is 1. The number of carboxylic acids is 1. The van der Waals surface area contributed by atoms with E-state index in [1.54, 1.807) is 6.92 Å². The van der Waals surface area contributed by atoms with Crippen molar-refractivity contribution in [2.45, 2.75) is 13.5 Å². The minimum atomic E-state index is -1.11. The summed E-state index contributed by atoms with van der Waals surface area (Å²) >= 11 is 0. The van der Waals surface area contributed by atoms with E-state index in [0.717, 1.165) is 0 Å². The topological polar surface area (TPSA) is 127 Å². The molecule has 2 rings (SSSR count). The number of nitrogens with two attached hydrogens (primary N) is 1. The van der Waals surface area contributed by atoms with Crippen LogP contribution < -0.4 is 11.1 Å². The lowest BCUT2D eigenvalue weighted by Gasteiger charge is -2.07. The van der Waals surface area contributed by atoms with Gasteiger partial charge in [0, 0.05) is 6.20 Å². The van der Waals surface area contributed by atoms with Crippen molar-refractivity contribution in [3.05, 3.63) is 29.5 Å². The van der Waals surface area contributed by atoms with Gasteiger partial charge < -0.3 is 20.7 Å². The molecular weight excluding hydrogens is 238 g/mol. The molecule has 2 heterocycles. The Kier molecular flexibility index (Phi) is 3.09. The molecule has 0 saturated heterocycles. The Balaban J connectivity index is 2.14. The molecule has 0 aliphatic heterocycles. The van der Waals surface area contributed by atoms with Crippen LogP contribution in [-0.2, 0) is 6.54 Å². The predicted molar refractivity (Wildman–Crippen MR) is 62.0 cm³/mol. The van der Waals surface area contributed by atoms with E-state index in [0.29, 0.717) is 11.7 Å². The maximum absolute atomic E-state index is 10.9. The molecule has 94 valence electrons. The van der Waals surface area contributed by atoms with Gasteiger partial charge in [-0.05, 0) is 13.0 Å². The van der Waals surface area contributed by atoms with Gasteiger partial charge in [-0.3, -0.25) is 0 Å². The first-order chi connectivity index (χ1) is 8.58. The summed E-state index contributed by atoms with van der Waals surface area (Å²) in [5, 5.41) is 15.4. The highest BCUT2D eigenvalue weighted by atomic mass is 16.5. The third-order valence-corrected chi connectivity index (χ3v) is 2.20. The van der Waals surface area contributed by atoms with E-state index in [9.17, 15) is 4.79 Å². The molecule has 4 N–H and O–H groups in total. The maximum Gasteiger partial charge on any atom is 0.337 e. The number of pyridine rings is 1. The molecule has 0 aliphatic carbocycles. The van der Waals surface area contributed by atoms with Crippen molar-refractivity contribution in [2.24, 2.45) is 0 Å². The summed E-state index contributed by atoms with van der Waals surface area (Å²) < 4.78 is 4.90. The van der Waals surface area contributed by atoms with Crippen LogP contribution in [-0.4, -0.2) is 26.2 Å². The number of nitrogen functional groups attached to an aromatic ring is 1. The van der Waals surface area contributed by atoms with Crippen LogP contribution >= 0.6 is 0 Å². The van der Waals surface area contributed by atoms with E-state index in [2.05, 4.69) is 20.4 Å². The quantitative estimate of drug-likeness (QED) is 0.721. The van der Waals surface area contributed by atoms with Gasteiger partial charge in [0.2, 0.25) is 5.89 Å². The van der Waals surface area contributed by atoms with Crippen LogP contribution in [0.25, 0.3) is 0 Å². The summed E-state index contributed by atoms with van der Waals surface area (Å²) in [6, 6.07) is 1.33. The fourth-order valence-electron chi connectivity index (χ4n) is 1.37. The van der Waals surface area contributed by atoms with Crippen LogP contribution in [0.3, 0.4) is 0 Å². The number of rotatable bonds is 4. The molecule has 8 heteroatoms. The van der Waals surface area contributed by atoms with Gasteiger partial charge in [-0.15, -0.1) is 0 Å². The van der Waals surface area contributed by atoms with E-state index in [-0.39, 0.29) is 23.6 Å². The Morgan fingerprint density at radius 2 is 2.39 bits per heavy atom. The second-order valence-electron chi connectivity index (χ2n) is 3.51. The number of carboxylic acid groups (broad SMARTS) is 1. The molecule has 0 amide bonds. The van der Waals surface area contributed by atoms with Gasteiger partial charge in [-0.25, -0.2) is 9.78 Å². The number of aromatic nitrogens is 3. The van der Waals surface area contributed by atoms with Crippen molar-refractivity contribution in [1.82, 2.24) is 15.1 Å². The zero-order chi connectivity index (χ0) is 13.1. The normalized spacial score (nSPS) is 10.3. The molecule has 0 spiro atoms. The summed E-state index contributed by atoms with van der Waals surface area (Å²) in [6.07, 6.45) is 1.36. The van der Waals surface area contributed by atoms with Crippen LogP contribution in [0.1, 0.15) is 22.1 Å². The lowest BCUT2D eigenvalue weighted by Crippen LogP contribution is -2.09. The summed E-state index contributed by atoms with van der Waals surface area (Å²) in [4.78, 5) is 18.8. The van der Waals surface area contributed by atoms with Gasteiger partial charge in [0.15, 0.2) is 5.82 Å². The second-order valence-corrected chi connectivity index (χ2v) is 3.51. The van der Waals surface area contributed by atoms with Gasteiger partial charge in [-0.2, -0.15) is 4.98 Å². The number of hydrogen-bond acceptors (Lipinski definition) is 7. The molecule has 0 saturated carbocycles. The van der Waals surface area contributed by atoms with Gasteiger partial charge in [-0.1, -0.05) is 5.16 Å². The third kappa shape index (κ3) is 2.37. The molecule has 0 radical (unpaired) electrons. The molecule has 0 bridgehead atoms. The standard InChI is InChI=1S/C10H11N5O3/c1-5-14-7(18-15-5)4-13-9-8(11)6(10(16)17)2-3-12-9/h2-3H,4,11H2,1H3,(H,12,13)(H,16,17). The van der Waals surface area contributed by atoms with E-state index >= 15 is 0 Å². The van der Waals surface area contributed by atoms with Gasteiger partial charge in [0.05, 0.1) is 17.8 Å². The molecule has 0 aliphatic rings. The minimum Gasteiger partial charge on any atom is -0.478 e. The molecule has 0 atom stereocenters. The number of nitrogens with one attached hydrogen (secondary N) is 1. The summed E-state index contributed by atoms with van der Waals surface area (Å²) in [7, 11) is 0. The molecule has 2 aromatic rings. The molecule has 0 aromatic carbocycles. The van der Waals surface area contributed by atoms with Crippen LogP contribution in [0.4, 0.5) is 11.5 Å². The smallest absolute Gasteiger partial charge is 0.337 e. The molecular formula is C10H11N5O3. The Morgan fingerprint density at radius 3 is 3.00 bits per heavy atom. The zero-order valence-corrected chi connectivity index (χ0v) is 9.54. The second kappa shape index (κ2) is 4.70. The predicted octanol–water partition coefficient (Wildman–Crippen LogP) is 0.666. The van der Waals surface area contributed by atoms with E-state index in [4.69, 9.17) is 15.4 Å². The first-order valence-electron chi connectivity index (χ1n) is 5.08. The average molecular weight is 249 g/mol. The first kappa shape index (κ1) is 11.8. The zero-order valence-electron chi connectivity index (χ0n) is 9.54. The molecule has 0 unspecified atom stereocenters. The van der Waals surface area contributed by atoms with Gasteiger partial charge in [0.25, 0.3) is 0 Å². The fraction of sp³-hybridized carbons (Fsp3) is 0.200. The lowest BCUT2D eigenvalue weighted by atomic mass is 10.2. The molecule has 8 nitrogen and oxygen atoms in total. The van der Waals surface area contributed by atoms with Crippen molar-refractivity contribution >= 4 is 17.5 Å². The number of nitrogens with zero attached hydrogens (tertiary/aromatic N) is 3. The van der Waals surface area contributed by atoms with E-state index in [1.165, 1.54) is 12.3 Å². The van der Waals surface area contributed by atoms with Gasteiger partial charge >= 0.3 is 5.97 Å². The Morgan fingerprint density at radius 1 is 1.61 bits per heavy atom. The van der Waals surface area contributed by atoms with Crippen molar-refractivity contribution in [3.63, 3.8) is 0 Å². The Labute approximate surface area is 102 Å². The van der Waals surface area contributed by atoms with Gasteiger partial charge in [0.1, 0.15) is 5.82 Å². The maximum atomic E-state index is 10.9. The first-order valence-corrected chi connectivity index (χ1v) is 5.08. The highest BCUT2D eigenvalue weighted by molar-refractivity contribution is 5.96. The van der Waals surface area contributed by atoms with Crippen LogP contribution in [0, 0.1) is 6.92 Å². The number of aryl methyl sites for hydroxylation is 1. The monoisotopic (exact) mass is 249 g/mol. The third-order valence-electron chi connectivity index (χ3n) is 2.20. The van der Waals surface area contributed by atoms with Crippen LogP contribution in [0.2, 0.25) is 0 Å². The van der Waals surface area contributed by atoms with Crippen molar-refractivity contribution < 1.29 is 14.4 Å². The minimum absolute atomic E-state index is 0.00536. The van der Waals surface area contributed by atoms with E-state index in [1.807, 2.05) is 0 Å². The fourth-order valence-corrected chi connectivity index (χ4v) is 1.37. The lowest BCUT2D eigenvalue weighted by molar-refractivity contribution is 0.0698. The van der Waals surface area contributed by atoms with Crippen LogP contribution in [0.15, 0.2) is 16.8 Å². The highest BCUT2D eigenvalue weighted by Gasteiger charge is 2.12. The van der Waals surface area contributed by atoms with Crippen molar-refractivity contribution in [1.29, 1.82) is 0 Å². The molecule has 18 heavy (non-hydrogen) atoms. The van der Waals surface area contributed by atoms with Crippen molar-refractivity contribution in [3.8, 4) is 0 Å². The summed E-state index contributed by atoms with van der Waals surface area (Å²) in [5.74, 6) is 0.0544. The number of aromatic carboxylic acids is 1. The number of hydrogen-bond donors (Lipinski definition) is 3. The SMILES string of the molecule is Cc1noc(CNc2nccc(C(=O)O)c2N)n1. The largest absolute Gasteiger partial charge is 0.478 e. The molecule has 2 aromatic heterocycles. The Bertz CT molecular complexity index is 581. The summed E-state index contributed by atoms with van der Waals surface area (Å²) in [5.41, 5.74) is 5.75. The summed E-state index contributed by atoms with van der Waals surface area (Å²) in [6.45, 7) is 1.92. The Hall–Kier alpha value is -2.64. The van der Waals surface area contributed by atoms with Crippen molar-refractivity contribution in [2.75, 3.05) is 11.1 Å². The molecule has 0 fully saturated rings. The van der Waals surface area contributed by atoms with Crippen LogP contribution in [0.5, 0.6) is 0 Å².